The predicted molar refractivity (Wildman–Crippen MR) is 56.8 cm³/mol. The average Bonchev–Trinajstić information content (AvgIpc) is 2.52. The van der Waals surface area contributed by atoms with Crippen LogP contribution in [0, 0.1) is 10.8 Å². The molecule has 0 bridgehead atoms. The van der Waals surface area contributed by atoms with Gasteiger partial charge in [-0.25, -0.2) is 4.98 Å². The summed E-state index contributed by atoms with van der Waals surface area (Å²) in [6.45, 7) is 2.04. The summed E-state index contributed by atoms with van der Waals surface area (Å²) in [5, 5.41) is 3.16. The van der Waals surface area contributed by atoms with E-state index < -0.39 is 0 Å². The van der Waals surface area contributed by atoms with Gasteiger partial charge in [-0.15, -0.1) is 11.3 Å². The molecule has 1 aromatic heterocycles. The summed E-state index contributed by atoms with van der Waals surface area (Å²) in [7, 11) is 0. The number of carbonyl (C=O) groups is 1. The van der Waals surface area contributed by atoms with Crippen molar-refractivity contribution < 1.29 is 4.79 Å². The summed E-state index contributed by atoms with van der Waals surface area (Å²) in [6.07, 6.45) is 2.68. The number of hydrogen-bond donors (Lipinski definition) is 1. The Morgan fingerprint density at radius 3 is 3.15 bits per heavy atom. The molecule has 68 valence electrons. The second-order valence-corrected chi connectivity index (χ2v) is 3.67. The third kappa shape index (κ3) is 3.17. The molecular formula is C8H7BrN2OS. The number of amides is 1. The minimum Gasteiger partial charge on any atom is -0.291 e. The van der Waals surface area contributed by atoms with E-state index in [0.717, 1.165) is 11.3 Å². The quantitative estimate of drug-likeness (QED) is 0.825. The second-order valence-electron chi connectivity index (χ2n) is 2.16. The van der Waals surface area contributed by atoms with Crippen LogP contribution in [0.1, 0.15) is 11.8 Å². The third-order valence-electron chi connectivity index (χ3n) is 1.28. The first-order valence-electron chi connectivity index (χ1n) is 3.63. The minimum absolute atomic E-state index is 0.353. The first-order valence-corrected chi connectivity index (χ1v) is 5.24. The number of carbonyl (C=O) groups excluding carboxylic acids is 1. The fourth-order valence-corrected chi connectivity index (χ4v) is 1.63. The maximum atomic E-state index is 11.0. The van der Waals surface area contributed by atoms with Crippen LogP contribution in [-0.4, -0.2) is 10.9 Å². The van der Waals surface area contributed by atoms with Crippen molar-refractivity contribution in [2.75, 3.05) is 5.32 Å². The molecule has 1 rings (SSSR count). The first-order chi connectivity index (χ1) is 6.26. The van der Waals surface area contributed by atoms with Gasteiger partial charge in [-0.2, -0.15) is 0 Å². The Hall–Kier alpha value is -0.860. The van der Waals surface area contributed by atoms with E-state index in [9.17, 15) is 4.79 Å². The molecule has 0 aliphatic carbocycles. The van der Waals surface area contributed by atoms with Crippen molar-refractivity contribution in [1.29, 1.82) is 0 Å². The maximum absolute atomic E-state index is 11.0. The molecule has 0 radical (unpaired) electrons. The van der Waals surface area contributed by atoms with Crippen molar-refractivity contribution in [3.63, 3.8) is 0 Å². The SMILES string of the molecule is CCc1cnc(NC(=O)C#CBr)s1. The number of hydrogen-bond acceptors (Lipinski definition) is 3. The van der Waals surface area contributed by atoms with Crippen molar-refractivity contribution in [3.8, 4) is 10.8 Å². The van der Waals surface area contributed by atoms with Crippen molar-refractivity contribution in [2.24, 2.45) is 0 Å². The Kier molecular flexibility index (Phi) is 3.93. The van der Waals surface area contributed by atoms with Crippen molar-refractivity contribution in [2.45, 2.75) is 13.3 Å². The molecule has 0 aromatic carbocycles. The summed E-state index contributed by atoms with van der Waals surface area (Å²) in [4.78, 5) is 18.5. The van der Waals surface area contributed by atoms with Gasteiger partial charge in [-0.1, -0.05) is 6.92 Å². The van der Waals surface area contributed by atoms with Crippen LogP contribution in [0.4, 0.5) is 5.13 Å². The number of halogens is 1. The van der Waals surface area contributed by atoms with Crippen LogP contribution in [0.3, 0.4) is 0 Å². The molecular weight excluding hydrogens is 252 g/mol. The van der Waals surface area contributed by atoms with Gasteiger partial charge in [0.1, 0.15) is 0 Å². The Morgan fingerprint density at radius 2 is 2.62 bits per heavy atom. The first kappa shape index (κ1) is 10.2. The monoisotopic (exact) mass is 258 g/mol. The molecule has 0 unspecified atom stereocenters. The van der Waals surface area contributed by atoms with E-state index >= 15 is 0 Å². The molecule has 1 amide bonds. The molecule has 0 saturated heterocycles. The average molecular weight is 259 g/mol. The lowest BCUT2D eigenvalue weighted by molar-refractivity contribution is -0.111. The number of thiazole rings is 1. The highest BCUT2D eigenvalue weighted by Gasteiger charge is 2.02. The third-order valence-corrected chi connectivity index (χ3v) is 2.54. The zero-order chi connectivity index (χ0) is 9.68. The maximum Gasteiger partial charge on any atom is 0.302 e. The summed E-state index contributed by atoms with van der Waals surface area (Å²) in [5.41, 5.74) is 0. The molecule has 0 atom stereocenters. The lowest BCUT2D eigenvalue weighted by Gasteiger charge is -1.91. The normalized spacial score (nSPS) is 8.77. The minimum atomic E-state index is -0.353. The smallest absolute Gasteiger partial charge is 0.291 e. The molecule has 13 heavy (non-hydrogen) atoms. The second kappa shape index (κ2) is 5.00. The van der Waals surface area contributed by atoms with Crippen LogP contribution in [0.2, 0.25) is 0 Å². The van der Waals surface area contributed by atoms with E-state index in [1.807, 2.05) is 6.92 Å². The lowest BCUT2D eigenvalue weighted by Crippen LogP contribution is -2.07. The Morgan fingerprint density at radius 1 is 1.85 bits per heavy atom. The van der Waals surface area contributed by atoms with E-state index in [1.54, 1.807) is 6.20 Å². The van der Waals surface area contributed by atoms with Crippen LogP contribution >= 0.6 is 27.3 Å². The Bertz CT molecular complexity index is 364. The highest BCUT2D eigenvalue weighted by atomic mass is 79.9. The summed E-state index contributed by atoms with van der Waals surface area (Å²) >= 11 is 4.30. The van der Waals surface area contributed by atoms with E-state index in [0.29, 0.717) is 5.13 Å². The van der Waals surface area contributed by atoms with Gasteiger partial charge in [-0.3, -0.25) is 10.1 Å². The topological polar surface area (TPSA) is 42.0 Å². The van der Waals surface area contributed by atoms with Gasteiger partial charge in [0.2, 0.25) is 0 Å². The van der Waals surface area contributed by atoms with Crippen LogP contribution in [0.25, 0.3) is 0 Å². The van der Waals surface area contributed by atoms with Crippen molar-refractivity contribution in [1.82, 2.24) is 4.98 Å². The lowest BCUT2D eigenvalue weighted by atomic mass is 10.4. The molecule has 0 spiro atoms. The van der Waals surface area contributed by atoms with Gasteiger partial charge in [0.25, 0.3) is 0 Å². The fourth-order valence-electron chi connectivity index (χ4n) is 0.700. The standard InChI is InChI=1S/C8H7BrN2OS/c1-2-6-5-10-8(13-6)11-7(12)3-4-9/h5H,2H2,1H3,(H,10,11,12). The van der Waals surface area contributed by atoms with Crippen LogP contribution in [0.5, 0.6) is 0 Å². The van der Waals surface area contributed by atoms with Crippen LogP contribution in [0.15, 0.2) is 6.20 Å². The van der Waals surface area contributed by atoms with Gasteiger partial charge in [0.15, 0.2) is 5.13 Å². The number of anilines is 1. The van der Waals surface area contributed by atoms with Gasteiger partial charge in [0.05, 0.1) is 0 Å². The summed E-state index contributed by atoms with van der Waals surface area (Å²) in [6, 6.07) is 0. The van der Waals surface area contributed by atoms with Gasteiger partial charge in [-0.05, 0) is 11.3 Å². The molecule has 0 aliphatic heterocycles. The fraction of sp³-hybridized carbons (Fsp3) is 0.250. The van der Waals surface area contributed by atoms with Gasteiger partial charge >= 0.3 is 5.91 Å². The predicted octanol–water partition coefficient (Wildman–Crippen LogP) is 2.00. The number of aryl methyl sites for hydroxylation is 1. The Labute approximate surface area is 88.7 Å². The van der Waals surface area contributed by atoms with Crippen LogP contribution < -0.4 is 5.32 Å². The van der Waals surface area contributed by atoms with E-state index in [1.165, 1.54) is 11.3 Å². The number of nitrogens with one attached hydrogen (secondary N) is 1. The van der Waals surface area contributed by atoms with Crippen LogP contribution in [-0.2, 0) is 11.2 Å². The molecule has 0 fully saturated rings. The zero-order valence-corrected chi connectivity index (χ0v) is 9.33. The van der Waals surface area contributed by atoms with E-state index in [-0.39, 0.29) is 5.91 Å². The number of aromatic nitrogens is 1. The van der Waals surface area contributed by atoms with Crippen molar-refractivity contribution >= 4 is 38.3 Å². The highest BCUT2D eigenvalue weighted by molar-refractivity contribution is 9.12. The van der Waals surface area contributed by atoms with E-state index in [2.05, 4.69) is 37.0 Å². The molecule has 0 saturated carbocycles. The largest absolute Gasteiger partial charge is 0.302 e. The molecule has 1 heterocycles. The Balaban J connectivity index is 2.62. The molecule has 3 nitrogen and oxygen atoms in total. The highest BCUT2D eigenvalue weighted by Crippen LogP contribution is 2.17. The summed E-state index contributed by atoms with van der Waals surface area (Å²) < 4.78 is 0. The van der Waals surface area contributed by atoms with Gasteiger partial charge < -0.3 is 0 Å². The number of rotatable bonds is 2. The molecule has 0 aliphatic rings. The van der Waals surface area contributed by atoms with Gasteiger partial charge in [0, 0.05) is 32.9 Å². The molecule has 1 aromatic rings. The van der Waals surface area contributed by atoms with E-state index in [4.69, 9.17) is 0 Å². The summed E-state index contributed by atoms with van der Waals surface area (Å²) in [5.74, 6) is 1.95. The van der Waals surface area contributed by atoms with Crippen molar-refractivity contribution in [3.05, 3.63) is 11.1 Å². The number of nitrogens with zero attached hydrogens (tertiary/aromatic N) is 1. The molecule has 5 heteroatoms. The zero-order valence-electron chi connectivity index (χ0n) is 6.93. The molecule has 1 N–H and O–H groups in total.